The van der Waals surface area contributed by atoms with Gasteiger partial charge in [-0.3, -0.25) is 0 Å². The van der Waals surface area contributed by atoms with Crippen molar-refractivity contribution in [2.45, 2.75) is 91.9 Å². The Morgan fingerprint density at radius 3 is 1.61 bits per heavy atom. The molecule has 0 radical (unpaired) electrons. The number of hydrogen-bond donors (Lipinski definition) is 0. The lowest BCUT2D eigenvalue weighted by Gasteiger charge is -2.31. The van der Waals surface area contributed by atoms with Gasteiger partial charge in [-0.25, -0.2) is 0 Å². The molecule has 2 heterocycles. The number of hydrogen-bond acceptors (Lipinski definition) is 10. The van der Waals surface area contributed by atoms with Crippen LogP contribution in [0.3, 0.4) is 0 Å². The van der Waals surface area contributed by atoms with Gasteiger partial charge >= 0.3 is 17.6 Å². The zero-order valence-electron chi connectivity index (χ0n) is 23.7. The molecule has 2 fully saturated rings. The van der Waals surface area contributed by atoms with E-state index in [0.29, 0.717) is 59.0 Å². The molecule has 0 aliphatic carbocycles. The van der Waals surface area contributed by atoms with E-state index >= 15 is 0 Å². The Bertz CT molecular complexity index is 489. The summed E-state index contributed by atoms with van der Waals surface area (Å²) in [7, 11) is -5.04. The Kier molecular flexibility index (Phi) is 18.9. The van der Waals surface area contributed by atoms with Gasteiger partial charge in [0.15, 0.2) is 0 Å². The van der Waals surface area contributed by atoms with Gasteiger partial charge in [-0.15, -0.1) is 0 Å². The molecule has 0 aromatic rings. The topological polar surface area (TPSA) is 98.9 Å². The summed E-state index contributed by atoms with van der Waals surface area (Å²) in [5.74, 6) is 0. The minimum atomic E-state index is -2.58. The number of rotatable bonds is 23. The highest BCUT2D eigenvalue weighted by Crippen LogP contribution is 2.21. The Labute approximate surface area is 221 Å². The molecule has 0 aromatic carbocycles. The zero-order valence-corrected chi connectivity index (χ0v) is 25.7. The van der Waals surface area contributed by atoms with E-state index < -0.39 is 17.6 Å². The molecule has 0 spiro atoms. The molecule has 2 rings (SSSR count). The standard InChI is InChI=1S/2C12H26O5Si/c1-5-8-18(15-6-2,16-7-3)17-11(4)13-9-12-10-14-12;1-4-15-18(16-5-2,17-6-3)9-7-8-13-10-12-11-14-12/h11-12H,5-10H2,1-4H3;12H,4-11H2,1-3H3. The van der Waals surface area contributed by atoms with Crippen molar-refractivity contribution in [1.29, 1.82) is 0 Å². The van der Waals surface area contributed by atoms with Crippen molar-refractivity contribution in [3.05, 3.63) is 0 Å². The molecule has 0 N–H and O–H groups in total. The van der Waals surface area contributed by atoms with Crippen LogP contribution in [0.2, 0.25) is 12.1 Å². The van der Waals surface area contributed by atoms with Crippen molar-refractivity contribution >= 4 is 17.6 Å². The van der Waals surface area contributed by atoms with Crippen LogP contribution < -0.4 is 0 Å². The van der Waals surface area contributed by atoms with Crippen molar-refractivity contribution in [2.75, 3.05) is 66.1 Å². The molecule has 216 valence electrons. The van der Waals surface area contributed by atoms with Crippen LogP contribution in [-0.4, -0.2) is 102 Å². The predicted molar refractivity (Wildman–Crippen MR) is 141 cm³/mol. The summed E-state index contributed by atoms with van der Waals surface area (Å²) in [6.07, 6.45) is 2.14. The molecular weight excluding hydrogens is 504 g/mol. The highest BCUT2D eigenvalue weighted by molar-refractivity contribution is 6.61. The van der Waals surface area contributed by atoms with E-state index in [2.05, 4.69) is 6.92 Å². The predicted octanol–water partition coefficient (Wildman–Crippen LogP) is 4.03. The van der Waals surface area contributed by atoms with E-state index in [0.717, 1.165) is 38.1 Å². The van der Waals surface area contributed by atoms with E-state index in [1.807, 2.05) is 41.5 Å². The first kappa shape index (κ1) is 34.1. The molecule has 36 heavy (non-hydrogen) atoms. The summed E-state index contributed by atoms with van der Waals surface area (Å²) in [6.45, 7) is 20.5. The third kappa shape index (κ3) is 15.4. The molecule has 12 heteroatoms. The lowest BCUT2D eigenvalue weighted by molar-refractivity contribution is -0.111. The van der Waals surface area contributed by atoms with Crippen LogP contribution in [0, 0.1) is 0 Å². The molecule has 2 aliphatic heterocycles. The molecule has 2 saturated heterocycles. The van der Waals surface area contributed by atoms with Gasteiger partial charge in [0, 0.05) is 51.7 Å². The highest BCUT2D eigenvalue weighted by Gasteiger charge is 2.42. The summed E-state index contributed by atoms with van der Waals surface area (Å²) in [4.78, 5) is 0. The van der Waals surface area contributed by atoms with E-state index in [1.165, 1.54) is 0 Å². The second-order valence-electron chi connectivity index (χ2n) is 8.39. The average Bonchev–Trinajstić information content (AvgIpc) is 3.75. The number of epoxide rings is 2. The van der Waals surface area contributed by atoms with E-state index in [1.54, 1.807) is 0 Å². The third-order valence-corrected chi connectivity index (χ3v) is 11.5. The lowest BCUT2D eigenvalue weighted by Crippen LogP contribution is -2.48. The monoisotopic (exact) mass is 556 g/mol. The van der Waals surface area contributed by atoms with Gasteiger partial charge in [0.05, 0.1) is 26.4 Å². The molecule has 3 unspecified atom stereocenters. The Morgan fingerprint density at radius 1 is 0.694 bits per heavy atom. The maximum absolute atomic E-state index is 5.95. The highest BCUT2D eigenvalue weighted by atomic mass is 28.4. The van der Waals surface area contributed by atoms with Crippen LogP contribution in [0.25, 0.3) is 0 Å². The normalized spacial score (nSPS) is 20.1. The van der Waals surface area contributed by atoms with Gasteiger partial charge in [0.2, 0.25) is 0 Å². The summed E-state index contributed by atoms with van der Waals surface area (Å²) >= 11 is 0. The molecule has 0 amide bonds. The summed E-state index contributed by atoms with van der Waals surface area (Å²) < 4.78 is 56.1. The van der Waals surface area contributed by atoms with Gasteiger partial charge < -0.3 is 45.5 Å². The fourth-order valence-electron chi connectivity index (χ4n) is 3.52. The Balaban J connectivity index is 0.000000360. The van der Waals surface area contributed by atoms with Crippen LogP contribution in [0.15, 0.2) is 0 Å². The number of ether oxygens (including phenoxy) is 4. The zero-order chi connectivity index (χ0) is 26.7. The molecule has 2 aliphatic rings. The fraction of sp³-hybridized carbons (Fsp3) is 1.00. The second-order valence-corrected chi connectivity index (χ2v) is 13.8. The maximum atomic E-state index is 5.95. The summed E-state index contributed by atoms with van der Waals surface area (Å²) in [6, 6.07) is 1.64. The van der Waals surface area contributed by atoms with Gasteiger partial charge in [-0.05, 0) is 48.0 Å². The van der Waals surface area contributed by atoms with Crippen molar-refractivity contribution in [2.24, 2.45) is 0 Å². The van der Waals surface area contributed by atoms with Crippen molar-refractivity contribution < 1.29 is 45.5 Å². The molecule has 10 nitrogen and oxygen atoms in total. The molecule has 0 bridgehead atoms. The van der Waals surface area contributed by atoms with Crippen molar-refractivity contribution in [1.82, 2.24) is 0 Å². The fourth-order valence-corrected chi connectivity index (χ4v) is 8.80. The quantitative estimate of drug-likeness (QED) is 0.0794. The van der Waals surface area contributed by atoms with Gasteiger partial charge in [0.1, 0.15) is 18.5 Å². The molecular formula is C24H52O10Si2. The van der Waals surface area contributed by atoms with Gasteiger partial charge in [-0.1, -0.05) is 13.3 Å². The van der Waals surface area contributed by atoms with Crippen LogP contribution >= 0.6 is 0 Å². The maximum Gasteiger partial charge on any atom is 0.502 e. The SMILES string of the molecule is CCC[Si](OCC)(OCC)OC(C)OCC1CO1.CCO[Si](CCCOCC1CO1)(OCC)OCC. The van der Waals surface area contributed by atoms with Crippen molar-refractivity contribution in [3.63, 3.8) is 0 Å². The minimum absolute atomic E-state index is 0.248. The van der Waals surface area contributed by atoms with Crippen LogP contribution in [0.4, 0.5) is 0 Å². The van der Waals surface area contributed by atoms with Gasteiger partial charge in [-0.2, -0.15) is 0 Å². The second kappa shape index (κ2) is 20.0. The molecule has 0 aromatic heterocycles. The molecule has 0 saturated carbocycles. The smallest absolute Gasteiger partial charge is 0.379 e. The van der Waals surface area contributed by atoms with E-state index in [4.69, 9.17) is 45.5 Å². The van der Waals surface area contributed by atoms with E-state index in [9.17, 15) is 0 Å². The Morgan fingerprint density at radius 2 is 1.17 bits per heavy atom. The first-order valence-electron chi connectivity index (χ1n) is 13.7. The first-order valence-corrected chi connectivity index (χ1v) is 17.6. The largest absolute Gasteiger partial charge is 0.502 e. The molecule has 3 atom stereocenters. The average molecular weight is 557 g/mol. The lowest BCUT2D eigenvalue weighted by atomic mass is 10.5. The summed E-state index contributed by atoms with van der Waals surface area (Å²) in [5, 5.41) is 0. The van der Waals surface area contributed by atoms with Gasteiger partial charge in [0.25, 0.3) is 0 Å². The van der Waals surface area contributed by atoms with Crippen molar-refractivity contribution in [3.8, 4) is 0 Å². The first-order chi connectivity index (χ1) is 17.4. The van der Waals surface area contributed by atoms with E-state index in [-0.39, 0.29) is 12.4 Å². The third-order valence-electron chi connectivity index (χ3n) is 5.12. The van der Waals surface area contributed by atoms with Crippen LogP contribution in [0.5, 0.6) is 0 Å². The minimum Gasteiger partial charge on any atom is -0.379 e. The van der Waals surface area contributed by atoms with Crippen LogP contribution in [-0.2, 0) is 45.5 Å². The van der Waals surface area contributed by atoms with Crippen LogP contribution in [0.1, 0.15) is 61.3 Å². The summed E-state index contributed by atoms with van der Waals surface area (Å²) in [5.41, 5.74) is 0. The Hall–Kier alpha value is 0.0338.